The van der Waals surface area contributed by atoms with E-state index in [4.69, 9.17) is 9.05 Å². The fourth-order valence-corrected chi connectivity index (χ4v) is 5.89. The van der Waals surface area contributed by atoms with Crippen LogP contribution in [0.25, 0.3) is 16.9 Å². The molecule has 1 amide bonds. The number of amides is 1. The molecule has 0 radical (unpaired) electrons. The zero-order chi connectivity index (χ0) is 25.6. The molecule has 0 aliphatic rings. The first-order valence-corrected chi connectivity index (χ1v) is 14.1. The average Bonchev–Trinajstić information content (AvgIpc) is 3.24. The van der Waals surface area contributed by atoms with Crippen molar-refractivity contribution in [3.8, 4) is 16.9 Å². The van der Waals surface area contributed by atoms with Crippen molar-refractivity contribution in [2.24, 2.45) is 0 Å². The smallest absolute Gasteiger partial charge is 0.309 e. The number of aromatic nitrogens is 2. The number of hydrogen-bond acceptors (Lipinski definition) is 7. The lowest BCUT2D eigenvalue weighted by Crippen LogP contribution is -2.33. The Morgan fingerprint density at radius 1 is 1.06 bits per heavy atom. The first kappa shape index (κ1) is 26.7. The number of nitrogens with zero attached hydrogens (tertiary/aromatic N) is 2. The van der Waals surface area contributed by atoms with E-state index in [-0.39, 0.29) is 23.8 Å². The highest BCUT2D eigenvalue weighted by molar-refractivity contribution is 7.90. The summed E-state index contributed by atoms with van der Waals surface area (Å²) in [5.41, 5.74) is 3.27. The van der Waals surface area contributed by atoms with Gasteiger partial charge in [-0.05, 0) is 51.1 Å². The number of hydrogen-bond donors (Lipinski definition) is 1. The van der Waals surface area contributed by atoms with E-state index in [1.165, 1.54) is 28.9 Å². The van der Waals surface area contributed by atoms with Gasteiger partial charge in [-0.3, -0.25) is 9.36 Å². The summed E-state index contributed by atoms with van der Waals surface area (Å²) in [5.74, 6) is -1.01. The number of carbonyl (C=O) groups is 1. The van der Waals surface area contributed by atoms with Crippen LogP contribution in [0.2, 0.25) is 0 Å². The van der Waals surface area contributed by atoms with Crippen LogP contribution >= 0.6 is 7.60 Å². The molecule has 12 heteroatoms. The molecule has 0 aliphatic heterocycles. The first-order chi connectivity index (χ1) is 16.6. The Morgan fingerprint density at radius 3 is 2.20 bits per heavy atom. The number of aryl methyl sites for hydroxylation is 1. The highest BCUT2D eigenvalue weighted by Crippen LogP contribution is 2.47. The summed E-state index contributed by atoms with van der Waals surface area (Å²) in [6.07, 6.45) is -0.731. The van der Waals surface area contributed by atoms with Gasteiger partial charge in [0.2, 0.25) is 5.91 Å². The molecule has 1 aromatic heterocycles. The Labute approximate surface area is 203 Å². The van der Waals surface area contributed by atoms with Gasteiger partial charge in [0.1, 0.15) is 12.8 Å². The SMILES string of the molecule is CCOP(=O)(CC(=O)NS(=O)(=O)c1ccc(-n2nc(CF)cc2-c2ccc(C)cc2)cc1)OCC. The minimum Gasteiger partial charge on any atom is -0.309 e. The zero-order valence-electron chi connectivity index (χ0n) is 19.6. The van der Waals surface area contributed by atoms with Crippen LogP contribution in [0.15, 0.2) is 59.5 Å². The van der Waals surface area contributed by atoms with Crippen LogP contribution in [0.1, 0.15) is 25.1 Å². The molecule has 0 unspecified atom stereocenters. The van der Waals surface area contributed by atoms with E-state index in [9.17, 15) is 22.2 Å². The maximum atomic E-state index is 13.3. The van der Waals surface area contributed by atoms with Gasteiger partial charge in [0, 0.05) is 5.56 Å². The lowest BCUT2D eigenvalue weighted by Gasteiger charge is -2.16. The van der Waals surface area contributed by atoms with E-state index in [1.54, 1.807) is 19.9 Å². The Morgan fingerprint density at radius 2 is 1.66 bits per heavy atom. The van der Waals surface area contributed by atoms with Crippen molar-refractivity contribution >= 4 is 23.5 Å². The molecule has 35 heavy (non-hydrogen) atoms. The van der Waals surface area contributed by atoms with Gasteiger partial charge in [-0.2, -0.15) is 5.10 Å². The molecule has 0 saturated heterocycles. The number of alkyl halides is 1. The second-order valence-electron chi connectivity index (χ2n) is 7.56. The number of rotatable bonds is 11. The number of sulfonamides is 1. The lowest BCUT2D eigenvalue weighted by atomic mass is 10.1. The van der Waals surface area contributed by atoms with Crippen molar-refractivity contribution in [1.29, 1.82) is 0 Å². The van der Waals surface area contributed by atoms with Gasteiger partial charge >= 0.3 is 7.60 Å². The van der Waals surface area contributed by atoms with Crippen LogP contribution in [0.5, 0.6) is 0 Å². The van der Waals surface area contributed by atoms with Gasteiger partial charge < -0.3 is 9.05 Å². The molecule has 0 saturated carbocycles. The van der Waals surface area contributed by atoms with Crippen LogP contribution in [0.3, 0.4) is 0 Å². The van der Waals surface area contributed by atoms with E-state index in [0.29, 0.717) is 11.4 Å². The number of nitrogens with one attached hydrogen (secondary N) is 1. The van der Waals surface area contributed by atoms with Crippen molar-refractivity contribution in [3.05, 3.63) is 65.9 Å². The van der Waals surface area contributed by atoms with Gasteiger partial charge in [-0.15, -0.1) is 0 Å². The molecule has 188 valence electrons. The second kappa shape index (κ2) is 11.3. The maximum Gasteiger partial charge on any atom is 0.340 e. The number of benzene rings is 2. The van der Waals surface area contributed by atoms with Crippen LogP contribution in [0.4, 0.5) is 4.39 Å². The molecule has 3 rings (SSSR count). The summed E-state index contributed by atoms with van der Waals surface area (Å²) in [5, 5.41) is 4.28. The third-order valence-corrected chi connectivity index (χ3v) is 8.24. The van der Waals surface area contributed by atoms with Gasteiger partial charge in [0.25, 0.3) is 10.0 Å². The van der Waals surface area contributed by atoms with Gasteiger partial charge in [0.15, 0.2) is 0 Å². The van der Waals surface area contributed by atoms with Crippen LogP contribution in [-0.4, -0.2) is 43.5 Å². The summed E-state index contributed by atoms with van der Waals surface area (Å²) < 4.78 is 64.7. The van der Waals surface area contributed by atoms with E-state index < -0.39 is 36.4 Å². The molecule has 1 heterocycles. The lowest BCUT2D eigenvalue weighted by molar-refractivity contribution is -0.117. The van der Waals surface area contributed by atoms with Gasteiger partial charge in [-0.1, -0.05) is 29.8 Å². The molecule has 1 N–H and O–H groups in total. The number of carbonyl (C=O) groups excluding carboxylic acids is 1. The molecule has 9 nitrogen and oxygen atoms in total. The minimum absolute atomic E-state index is 0.0426. The summed E-state index contributed by atoms with van der Waals surface area (Å²) in [6, 6.07) is 14.9. The predicted octanol–water partition coefficient (Wildman–Crippen LogP) is 4.39. The summed E-state index contributed by atoms with van der Waals surface area (Å²) in [4.78, 5) is 12.1. The van der Waals surface area contributed by atoms with Crippen LogP contribution in [0, 0.1) is 6.92 Å². The first-order valence-electron chi connectivity index (χ1n) is 10.9. The molecular formula is C23H27FN3O6PS. The summed E-state index contributed by atoms with van der Waals surface area (Å²) in [7, 11) is -8.01. The predicted molar refractivity (Wildman–Crippen MR) is 130 cm³/mol. The quantitative estimate of drug-likeness (QED) is 0.371. The van der Waals surface area contributed by atoms with Crippen molar-refractivity contribution in [3.63, 3.8) is 0 Å². The van der Waals surface area contributed by atoms with Gasteiger partial charge in [0.05, 0.1) is 35.2 Å². The van der Waals surface area contributed by atoms with E-state index in [1.807, 2.05) is 35.9 Å². The van der Waals surface area contributed by atoms with Gasteiger partial charge in [-0.25, -0.2) is 22.2 Å². The number of halogens is 1. The zero-order valence-corrected chi connectivity index (χ0v) is 21.3. The van der Waals surface area contributed by atoms with Crippen LogP contribution in [-0.2, 0) is 35.1 Å². The topological polar surface area (TPSA) is 117 Å². The molecule has 0 spiro atoms. The fraction of sp³-hybridized carbons (Fsp3) is 0.304. The highest BCUT2D eigenvalue weighted by Gasteiger charge is 2.30. The van der Waals surface area contributed by atoms with E-state index in [2.05, 4.69) is 5.10 Å². The third-order valence-electron chi connectivity index (χ3n) is 4.87. The Hall–Kier alpha value is -2.85. The van der Waals surface area contributed by atoms with Crippen LogP contribution < -0.4 is 4.72 Å². The highest BCUT2D eigenvalue weighted by atomic mass is 32.2. The normalized spacial score (nSPS) is 12.0. The van der Waals surface area contributed by atoms with E-state index in [0.717, 1.165) is 11.1 Å². The molecule has 3 aromatic rings. The summed E-state index contributed by atoms with van der Waals surface area (Å²) in [6.45, 7) is 4.46. The third kappa shape index (κ3) is 6.64. The fourth-order valence-electron chi connectivity index (χ4n) is 3.33. The molecule has 0 atom stereocenters. The van der Waals surface area contributed by atoms with Crippen molar-refractivity contribution < 1.29 is 31.2 Å². The van der Waals surface area contributed by atoms with Crippen molar-refractivity contribution in [2.45, 2.75) is 32.3 Å². The molecule has 2 aromatic carbocycles. The van der Waals surface area contributed by atoms with Crippen molar-refractivity contribution in [1.82, 2.24) is 14.5 Å². The molecule has 0 fully saturated rings. The molecule has 0 aliphatic carbocycles. The second-order valence-corrected chi connectivity index (χ2v) is 11.3. The average molecular weight is 524 g/mol. The van der Waals surface area contributed by atoms with E-state index >= 15 is 0 Å². The molecular weight excluding hydrogens is 496 g/mol. The molecule has 0 bridgehead atoms. The Bertz CT molecular complexity index is 1310. The largest absolute Gasteiger partial charge is 0.340 e. The Balaban J connectivity index is 1.83. The minimum atomic E-state index is -4.25. The summed E-state index contributed by atoms with van der Waals surface area (Å²) >= 11 is 0. The maximum absolute atomic E-state index is 13.3. The van der Waals surface area contributed by atoms with Crippen molar-refractivity contribution in [2.75, 3.05) is 19.4 Å². The monoisotopic (exact) mass is 523 g/mol. The standard InChI is InChI=1S/C23H27FN3O6PS/c1-4-32-34(29,33-5-2)16-23(28)26-35(30,31)21-12-10-20(11-13-21)27-22(14-19(15-24)25-27)18-8-6-17(3)7-9-18/h6-14H,4-5,15-16H2,1-3H3,(H,26,28). The Kier molecular flexibility index (Phi) is 8.60.